The second-order valence-corrected chi connectivity index (χ2v) is 4.41. The smallest absolute Gasteiger partial charge is 0.106 e. The van der Waals surface area contributed by atoms with Gasteiger partial charge in [-0.15, -0.1) is 0 Å². The average Bonchev–Trinajstić information content (AvgIpc) is 2.28. The van der Waals surface area contributed by atoms with E-state index in [9.17, 15) is 0 Å². The van der Waals surface area contributed by atoms with Gasteiger partial charge in [0.1, 0.15) is 4.60 Å². The molecule has 0 bridgehead atoms. The van der Waals surface area contributed by atoms with Crippen molar-refractivity contribution < 1.29 is 4.74 Å². The number of ether oxygens (including phenoxy) is 1. The lowest BCUT2D eigenvalue weighted by Crippen LogP contribution is -2.20. The molecule has 0 aliphatic rings. The predicted octanol–water partition coefficient (Wildman–Crippen LogP) is 2.75. The quantitative estimate of drug-likeness (QED) is 0.589. The Kier molecular flexibility index (Phi) is 7.38. The van der Waals surface area contributed by atoms with Crippen LogP contribution in [0.4, 0.5) is 0 Å². The van der Waals surface area contributed by atoms with Crippen LogP contribution in [0.2, 0.25) is 0 Å². The van der Waals surface area contributed by atoms with Crippen LogP contribution in [0.5, 0.6) is 0 Å². The molecule has 0 radical (unpaired) electrons. The summed E-state index contributed by atoms with van der Waals surface area (Å²) in [6.45, 7) is 5.47. The standard InChI is InChI=1S/C12H19BrN2O/c1-2-3-8-16-9-7-14-10-11-5-4-6-12(13)15-11/h4-6,14H,2-3,7-10H2,1H3. The Morgan fingerprint density at radius 3 is 3.00 bits per heavy atom. The van der Waals surface area contributed by atoms with E-state index in [1.54, 1.807) is 0 Å². The SMILES string of the molecule is CCCCOCCNCc1cccc(Br)n1. The first kappa shape index (κ1) is 13.6. The molecule has 0 saturated carbocycles. The molecule has 16 heavy (non-hydrogen) atoms. The van der Waals surface area contributed by atoms with Gasteiger partial charge in [0.25, 0.3) is 0 Å². The van der Waals surface area contributed by atoms with Crippen LogP contribution in [-0.2, 0) is 11.3 Å². The highest BCUT2D eigenvalue weighted by molar-refractivity contribution is 9.10. The first-order valence-corrected chi connectivity index (χ1v) is 6.52. The predicted molar refractivity (Wildman–Crippen MR) is 69.4 cm³/mol. The Balaban J connectivity index is 2.03. The van der Waals surface area contributed by atoms with E-state index >= 15 is 0 Å². The molecule has 1 N–H and O–H groups in total. The lowest BCUT2D eigenvalue weighted by molar-refractivity contribution is 0.133. The molecule has 0 spiro atoms. The minimum Gasteiger partial charge on any atom is -0.380 e. The van der Waals surface area contributed by atoms with Crippen LogP contribution in [0.25, 0.3) is 0 Å². The van der Waals surface area contributed by atoms with Crippen molar-refractivity contribution in [3.63, 3.8) is 0 Å². The van der Waals surface area contributed by atoms with Crippen molar-refractivity contribution >= 4 is 15.9 Å². The van der Waals surface area contributed by atoms with Crippen LogP contribution < -0.4 is 5.32 Å². The largest absolute Gasteiger partial charge is 0.380 e. The van der Waals surface area contributed by atoms with Crippen molar-refractivity contribution in [2.45, 2.75) is 26.3 Å². The number of pyridine rings is 1. The Morgan fingerprint density at radius 1 is 1.38 bits per heavy atom. The van der Waals surface area contributed by atoms with E-state index in [0.29, 0.717) is 0 Å². The van der Waals surface area contributed by atoms with Gasteiger partial charge < -0.3 is 10.1 Å². The maximum absolute atomic E-state index is 5.44. The number of nitrogens with zero attached hydrogens (tertiary/aromatic N) is 1. The Bertz CT molecular complexity index is 294. The normalized spacial score (nSPS) is 10.6. The number of rotatable bonds is 8. The number of hydrogen-bond donors (Lipinski definition) is 1. The zero-order chi connectivity index (χ0) is 11.6. The third-order valence-electron chi connectivity index (χ3n) is 2.14. The molecular weight excluding hydrogens is 268 g/mol. The van der Waals surface area contributed by atoms with Gasteiger partial charge in [0.15, 0.2) is 0 Å². The van der Waals surface area contributed by atoms with Crippen LogP contribution >= 0.6 is 15.9 Å². The number of nitrogens with one attached hydrogen (secondary N) is 1. The number of halogens is 1. The van der Waals surface area contributed by atoms with Crippen LogP contribution in [0, 0.1) is 0 Å². The van der Waals surface area contributed by atoms with Crippen LogP contribution in [0.1, 0.15) is 25.5 Å². The first-order chi connectivity index (χ1) is 7.83. The lowest BCUT2D eigenvalue weighted by Gasteiger charge is -2.05. The minimum atomic E-state index is 0.772. The van der Waals surface area contributed by atoms with E-state index in [1.807, 2.05) is 18.2 Å². The molecule has 0 aliphatic carbocycles. The lowest BCUT2D eigenvalue weighted by atomic mass is 10.3. The van der Waals surface area contributed by atoms with E-state index in [4.69, 9.17) is 4.74 Å². The summed E-state index contributed by atoms with van der Waals surface area (Å²) in [7, 11) is 0. The van der Waals surface area contributed by atoms with Crippen LogP contribution in [0.3, 0.4) is 0 Å². The summed E-state index contributed by atoms with van der Waals surface area (Å²) in [5, 5.41) is 3.30. The second kappa shape index (κ2) is 8.67. The topological polar surface area (TPSA) is 34.1 Å². The van der Waals surface area contributed by atoms with Crippen LogP contribution in [-0.4, -0.2) is 24.7 Å². The van der Waals surface area contributed by atoms with Crippen LogP contribution in [0.15, 0.2) is 22.8 Å². The van der Waals surface area contributed by atoms with E-state index in [0.717, 1.165) is 43.0 Å². The number of aromatic nitrogens is 1. The Morgan fingerprint density at radius 2 is 2.25 bits per heavy atom. The van der Waals surface area contributed by atoms with Crippen molar-refractivity contribution in [1.82, 2.24) is 10.3 Å². The highest BCUT2D eigenvalue weighted by Gasteiger charge is 1.95. The van der Waals surface area contributed by atoms with Gasteiger partial charge in [0.05, 0.1) is 12.3 Å². The maximum Gasteiger partial charge on any atom is 0.106 e. The van der Waals surface area contributed by atoms with E-state index in [-0.39, 0.29) is 0 Å². The third-order valence-corrected chi connectivity index (χ3v) is 2.59. The fourth-order valence-electron chi connectivity index (χ4n) is 1.26. The van der Waals surface area contributed by atoms with Gasteiger partial charge in [-0.2, -0.15) is 0 Å². The molecular formula is C12H19BrN2O. The molecule has 0 unspecified atom stereocenters. The van der Waals surface area contributed by atoms with Gasteiger partial charge in [0.2, 0.25) is 0 Å². The summed E-state index contributed by atoms with van der Waals surface area (Å²) in [5.74, 6) is 0. The molecule has 1 heterocycles. The van der Waals surface area contributed by atoms with Crippen molar-refractivity contribution in [3.8, 4) is 0 Å². The van der Waals surface area contributed by atoms with Gasteiger partial charge in [-0.05, 0) is 34.5 Å². The first-order valence-electron chi connectivity index (χ1n) is 5.73. The van der Waals surface area contributed by atoms with Crippen molar-refractivity contribution in [3.05, 3.63) is 28.5 Å². The average molecular weight is 287 g/mol. The molecule has 1 aromatic heterocycles. The van der Waals surface area contributed by atoms with E-state index in [2.05, 4.69) is 33.2 Å². The third kappa shape index (κ3) is 6.20. The van der Waals surface area contributed by atoms with Crippen molar-refractivity contribution in [2.24, 2.45) is 0 Å². The Hall–Kier alpha value is -0.450. The van der Waals surface area contributed by atoms with Crippen molar-refractivity contribution in [1.29, 1.82) is 0 Å². The summed E-state index contributed by atoms with van der Waals surface area (Å²) >= 11 is 3.35. The summed E-state index contributed by atoms with van der Waals surface area (Å²) in [6, 6.07) is 5.93. The summed E-state index contributed by atoms with van der Waals surface area (Å²) in [5.41, 5.74) is 1.04. The molecule has 0 aromatic carbocycles. The second-order valence-electron chi connectivity index (χ2n) is 3.59. The molecule has 0 fully saturated rings. The van der Waals surface area contributed by atoms with Gasteiger partial charge in [-0.1, -0.05) is 19.4 Å². The van der Waals surface area contributed by atoms with Gasteiger partial charge in [0, 0.05) is 19.7 Å². The fraction of sp³-hybridized carbons (Fsp3) is 0.583. The zero-order valence-corrected chi connectivity index (χ0v) is 11.3. The highest BCUT2D eigenvalue weighted by atomic mass is 79.9. The molecule has 0 aliphatic heterocycles. The molecule has 0 saturated heterocycles. The maximum atomic E-state index is 5.44. The molecule has 1 rings (SSSR count). The van der Waals surface area contributed by atoms with Gasteiger partial charge in [-0.3, -0.25) is 0 Å². The molecule has 3 nitrogen and oxygen atoms in total. The fourth-order valence-corrected chi connectivity index (χ4v) is 1.64. The highest BCUT2D eigenvalue weighted by Crippen LogP contribution is 2.05. The van der Waals surface area contributed by atoms with E-state index < -0.39 is 0 Å². The molecule has 1 aromatic rings. The molecule has 4 heteroatoms. The summed E-state index contributed by atoms with van der Waals surface area (Å²) in [4.78, 5) is 4.33. The molecule has 0 amide bonds. The van der Waals surface area contributed by atoms with E-state index in [1.165, 1.54) is 6.42 Å². The molecule has 90 valence electrons. The van der Waals surface area contributed by atoms with Gasteiger partial charge in [-0.25, -0.2) is 4.98 Å². The monoisotopic (exact) mass is 286 g/mol. The Labute approximate surface area is 106 Å². The number of unbranched alkanes of at least 4 members (excludes halogenated alkanes) is 1. The minimum absolute atomic E-state index is 0.772. The van der Waals surface area contributed by atoms with Crippen molar-refractivity contribution in [2.75, 3.05) is 19.8 Å². The molecule has 0 atom stereocenters. The zero-order valence-electron chi connectivity index (χ0n) is 9.71. The number of hydrogen-bond acceptors (Lipinski definition) is 3. The van der Waals surface area contributed by atoms with Gasteiger partial charge >= 0.3 is 0 Å². The summed E-state index contributed by atoms with van der Waals surface area (Å²) < 4.78 is 6.32. The summed E-state index contributed by atoms with van der Waals surface area (Å²) in [6.07, 6.45) is 2.34.